The molecule has 3 heterocycles. The van der Waals surface area contributed by atoms with E-state index in [2.05, 4.69) is 20.4 Å². The molecule has 0 unspecified atom stereocenters. The molecule has 0 aliphatic carbocycles. The number of hydrogen-bond acceptors (Lipinski definition) is 6. The van der Waals surface area contributed by atoms with Crippen molar-refractivity contribution in [1.82, 2.24) is 19.7 Å². The summed E-state index contributed by atoms with van der Waals surface area (Å²) in [5.41, 5.74) is 2.28. The molecule has 2 aromatic carbocycles. The zero-order valence-electron chi connectivity index (χ0n) is 16.1. The molecule has 0 saturated carbocycles. The second kappa shape index (κ2) is 7.25. The number of nitrogens with zero attached hydrogens (tertiary/aromatic N) is 5. The first-order chi connectivity index (χ1) is 14.6. The largest absolute Gasteiger partial charge is 0.441 e. The molecule has 152 valence electrons. The van der Waals surface area contributed by atoms with E-state index in [1.807, 2.05) is 29.2 Å². The first-order valence-electron chi connectivity index (χ1n) is 9.54. The summed E-state index contributed by atoms with van der Waals surface area (Å²) in [6.07, 6.45) is 2.51. The SMILES string of the molecule is Cc1ncc(-c2ccc(Nc3nc4n(n3)CCCN4c3ccc(F)c(F)c3)cc2)o1. The number of aryl methyl sites for hydroxylation is 2. The molecule has 0 spiro atoms. The number of aromatic nitrogens is 4. The van der Waals surface area contributed by atoms with Crippen LogP contribution >= 0.6 is 0 Å². The van der Waals surface area contributed by atoms with Gasteiger partial charge in [-0.3, -0.25) is 0 Å². The Hall–Kier alpha value is -3.75. The van der Waals surface area contributed by atoms with Gasteiger partial charge in [-0.2, -0.15) is 4.98 Å². The van der Waals surface area contributed by atoms with Gasteiger partial charge in [0.05, 0.1) is 6.20 Å². The molecule has 0 saturated heterocycles. The van der Waals surface area contributed by atoms with Gasteiger partial charge in [0.1, 0.15) is 0 Å². The molecule has 30 heavy (non-hydrogen) atoms. The third-order valence-electron chi connectivity index (χ3n) is 4.91. The molecule has 9 heteroatoms. The summed E-state index contributed by atoms with van der Waals surface area (Å²) in [6, 6.07) is 11.5. The van der Waals surface area contributed by atoms with E-state index < -0.39 is 11.6 Å². The number of halogens is 2. The molecule has 0 bridgehead atoms. The number of anilines is 4. The van der Waals surface area contributed by atoms with E-state index in [-0.39, 0.29) is 0 Å². The van der Waals surface area contributed by atoms with Crippen LogP contribution in [-0.2, 0) is 6.54 Å². The van der Waals surface area contributed by atoms with Crippen molar-refractivity contribution in [3.8, 4) is 11.3 Å². The normalized spacial score (nSPS) is 13.4. The van der Waals surface area contributed by atoms with Crippen molar-refractivity contribution in [3.05, 3.63) is 66.2 Å². The fourth-order valence-electron chi connectivity index (χ4n) is 3.45. The fraction of sp³-hybridized carbons (Fsp3) is 0.190. The van der Waals surface area contributed by atoms with Crippen molar-refractivity contribution in [3.63, 3.8) is 0 Å². The average molecular weight is 408 g/mol. The summed E-state index contributed by atoms with van der Waals surface area (Å²) in [4.78, 5) is 10.5. The van der Waals surface area contributed by atoms with Crippen molar-refractivity contribution in [1.29, 1.82) is 0 Å². The molecule has 0 amide bonds. The van der Waals surface area contributed by atoms with Gasteiger partial charge in [-0.05, 0) is 42.8 Å². The van der Waals surface area contributed by atoms with E-state index in [0.717, 1.165) is 23.7 Å². The van der Waals surface area contributed by atoms with Crippen molar-refractivity contribution >= 4 is 23.3 Å². The van der Waals surface area contributed by atoms with Gasteiger partial charge in [0.25, 0.3) is 0 Å². The predicted octanol–water partition coefficient (Wildman–Crippen LogP) is 4.81. The van der Waals surface area contributed by atoms with Crippen LogP contribution in [0.2, 0.25) is 0 Å². The molecule has 0 atom stereocenters. The van der Waals surface area contributed by atoms with Gasteiger partial charge in [0.2, 0.25) is 11.9 Å². The molecule has 0 fully saturated rings. The van der Waals surface area contributed by atoms with E-state index in [0.29, 0.717) is 42.3 Å². The van der Waals surface area contributed by atoms with Crippen molar-refractivity contribution in [2.24, 2.45) is 0 Å². The summed E-state index contributed by atoms with van der Waals surface area (Å²) in [5.74, 6) is 0.585. The molecular weight excluding hydrogens is 390 g/mol. The molecule has 1 N–H and O–H groups in total. The van der Waals surface area contributed by atoms with E-state index in [1.165, 1.54) is 6.07 Å². The lowest BCUT2D eigenvalue weighted by molar-refractivity contribution is 0.506. The van der Waals surface area contributed by atoms with Crippen LogP contribution in [0.25, 0.3) is 11.3 Å². The van der Waals surface area contributed by atoms with Crippen LogP contribution < -0.4 is 10.2 Å². The highest BCUT2D eigenvalue weighted by Gasteiger charge is 2.23. The standard InChI is InChI=1S/C21H18F2N6O/c1-13-24-12-19(30-13)14-3-5-15(6-4-14)25-20-26-21-28(9-2-10-29(21)27-20)16-7-8-17(22)18(23)11-16/h3-8,11-12H,2,9-10H2,1H3,(H,25,27). The number of fused-ring (bicyclic) bond motifs is 1. The Morgan fingerprint density at radius 1 is 1.03 bits per heavy atom. The summed E-state index contributed by atoms with van der Waals surface area (Å²) < 4.78 is 34.3. The highest BCUT2D eigenvalue weighted by atomic mass is 19.2. The van der Waals surface area contributed by atoms with Gasteiger partial charge in [0.15, 0.2) is 23.3 Å². The second-order valence-electron chi connectivity index (χ2n) is 7.01. The molecule has 5 rings (SSSR count). The maximum atomic E-state index is 13.7. The number of hydrogen-bond donors (Lipinski definition) is 1. The molecule has 7 nitrogen and oxygen atoms in total. The molecule has 1 aliphatic rings. The first kappa shape index (κ1) is 18.3. The molecule has 0 radical (unpaired) electrons. The van der Waals surface area contributed by atoms with Gasteiger partial charge in [-0.1, -0.05) is 0 Å². The van der Waals surface area contributed by atoms with Crippen molar-refractivity contribution in [2.45, 2.75) is 19.9 Å². The van der Waals surface area contributed by atoms with Crippen LogP contribution in [-0.4, -0.2) is 26.3 Å². The first-order valence-corrected chi connectivity index (χ1v) is 9.54. The number of nitrogens with one attached hydrogen (secondary N) is 1. The van der Waals surface area contributed by atoms with Gasteiger partial charge in [-0.25, -0.2) is 18.4 Å². The van der Waals surface area contributed by atoms with Crippen LogP contribution in [0.3, 0.4) is 0 Å². The average Bonchev–Trinajstić information content (AvgIpc) is 3.36. The monoisotopic (exact) mass is 408 g/mol. The Balaban J connectivity index is 1.38. The molecule has 2 aromatic heterocycles. The fourth-order valence-corrected chi connectivity index (χ4v) is 3.45. The third kappa shape index (κ3) is 3.38. The Kier molecular flexibility index (Phi) is 4.42. The van der Waals surface area contributed by atoms with Crippen LogP contribution in [0, 0.1) is 18.6 Å². The Labute approximate surface area is 171 Å². The van der Waals surface area contributed by atoms with Crippen LogP contribution in [0.15, 0.2) is 53.1 Å². The van der Waals surface area contributed by atoms with Crippen LogP contribution in [0.4, 0.5) is 32.1 Å². The topological polar surface area (TPSA) is 72.0 Å². The molecule has 4 aromatic rings. The highest BCUT2D eigenvalue weighted by molar-refractivity contribution is 5.64. The van der Waals surface area contributed by atoms with Crippen molar-refractivity contribution < 1.29 is 13.2 Å². The van der Waals surface area contributed by atoms with Crippen LogP contribution in [0.1, 0.15) is 12.3 Å². The minimum atomic E-state index is -0.885. The third-order valence-corrected chi connectivity index (χ3v) is 4.91. The van der Waals surface area contributed by atoms with E-state index >= 15 is 0 Å². The van der Waals surface area contributed by atoms with Crippen LogP contribution in [0.5, 0.6) is 0 Å². The van der Waals surface area contributed by atoms with Gasteiger partial charge < -0.3 is 14.6 Å². The molecule has 1 aliphatic heterocycles. The number of oxazole rings is 1. The molecular formula is C21H18F2N6O. The van der Waals surface area contributed by atoms with E-state index in [1.54, 1.807) is 23.9 Å². The van der Waals surface area contributed by atoms with Crippen molar-refractivity contribution in [2.75, 3.05) is 16.8 Å². The highest BCUT2D eigenvalue weighted by Crippen LogP contribution is 2.30. The predicted molar refractivity (Wildman–Crippen MR) is 108 cm³/mol. The van der Waals surface area contributed by atoms with E-state index in [9.17, 15) is 8.78 Å². The maximum Gasteiger partial charge on any atom is 0.248 e. The Morgan fingerprint density at radius 2 is 1.87 bits per heavy atom. The lowest BCUT2D eigenvalue weighted by atomic mass is 10.2. The zero-order chi connectivity index (χ0) is 20.7. The summed E-state index contributed by atoms with van der Waals surface area (Å²) in [6.45, 7) is 3.15. The Bertz CT molecular complexity index is 1200. The smallest absolute Gasteiger partial charge is 0.248 e. The maximum absolute atomic E-state index is 13.7. The van der Waals surface area contributed by atoms with E-state index in [4.69, 9.17) is 4.42 Å². The second-order valence-corrected chi connectivity index (χ2v) is 7.01. The summed E-state index contributed by atoms with van der Waals surface area (Å²) in [5, 5.41) is 7.69. The summed E-state index contributed by atoms with van der Waals surface area (Å²) >= 11 is 0. The number of benzene rings is 2. The lowest BCUT2D eigenvalue weighted by Gasteiger charge is -2.27. The van der Waals surface area contributed by atoms with Gasteiger partial charge in [-0.15, -0.1) is 5.10 Å². The van der Waals surface area contributed by atoms with Gasteiger partial charge >= 0.3 is 0 Å². The lowest BCUT2D eigenvalue weighted by Crippen LogP contribution is -2.28. The quantitative estimate of drug-likeness (QED) is 0.523. The minimum Gasteiger partial charge on any atom is -0.441 e. The zero-order valence-corrected chi connectivity index (χ0v) is 16.1. The van der Waals surface area contributed by atoms with Gasteiger partial charge in [0, 0.05) is 43.0 Å². The summed E-state index contributed by atoms with van der Waals surface area (Å²) in [7, 11) is 0. The Morgan fingerprint density at radius 3 is 2.60 bits per heavy atom. The minimum absolute atomic E-state index is 0.433. The number of rotatable bonds is 4.